The molecule has 180 valence electrons. The second-order valence-corrected chi connectivity index (χ2v) is 10.8. The van der Waals surface area contributed by atoms with Crippen LogP contribution in [0.4, 0.5) is 0 Å². The van der Waals surface area contributed by atoms with Gasteiger partial charge in [-0.05, 0) is 61.9 Å². The van der Waals surface area contributed by atoms with E-state index in [2.05, 4.69) is 4.72 Å². The molecule has 0 saturated heterocycles. The summed E-state index contributed by atoms with van der Waals surface area (Å²) in [6.45, 7) is 5.49. The average Bonchev–Trinajstić information content (AvgIpc) is 3.29. The van der Waals surface area contributed by atoms with Crippen molar-refractivity contribution < 1.29 is 22.4 Å². The van der Waals surface area contributed by atoms with Gasteiger partial charge in [0.25, 0.3) is 0 Å². The van der Waals surface area contributed by atoms with E-state index in [1.807, 2.05) is 13.8 Å². The van der Waals surface area contributed by atoms with E-state index in [0.717, 1.165) is 17.5 Å². The number of halogens is 1. The van der Waals surface area contributed by atoms with Crippen LogP contribution in [0.5, 0.6) is 5.75 Å². The second-order valence-electron chi connectivity index (χ2n) is 8.67. The van der Waals surface area contributed by atoms with Gasteiger partial charge in [-0.1, -0.05) is 49.6 Å². The summed E-state index contributed by atoms with van der Waals surface area (Å²) >= 11 is 6.61. The molecule has 0 bridgehead atoms. The minimum absolute atomic E-state index is 0.0635. The van der Waals surface area contributed by atoms with E-state index < -0.39 is 22.0 Å². The second kappa shape index (κ2) is 9.52. The van der Waals surface area contributed by atoms with Crippen LogP contribution < -0.4 is 15.1 Å². The first kappa shape index (κ1) is 24.4. The molecule has 2 aromatic carbocycles. The molecule has 1 aromatic heterocycles. The fraction of sp³-hybridized carbons (Fsp3) is 0.360. The number of ether oxygens (including phenoxy) is 1. The number of nitrogens with one attached hydrogen (secondary N) is 1. The maximum absolute atomic E-state index is 13.2. The van der Waals surface area contributed by atoms with Gasteiger partial charge in [0, 0.05) is 10.9 Å². The van der Waals surface area contributed by atoms with E-state index in [-0.39, 0.29) is 27.2 Å². The highest BCUT2D eigenvalue weighted by Crippen LogP contribution is 2.38. The topological polar surface area (TPSA) is 103 Å². The minimum atomic E-state index is -3.96. The molecule has 7 nitrogen and oxygen atoms in total. The van der Waals surface area contributed by atoms with Crippen LogP contribution in [0.2, 0.25) is 5.02 Å². The molecule has 2 unspecified atom stereocenters. The van der Waals surface area contributed by atoms with E-state index in [9.17, 15) is 18.0 Å². The SMILES string of the molecule is CCC(C)C(NS(=O)(=O)c1ccc(C)cc1)C(=O)Oc1ccc2oc(=O)c3c(c2c1Cl)CCC3. The first-order chi connectivity index (χ1) is 16.1. The van der Waals surface area contributed by atoms with Crippen molar-refractivity contribution in [1.29, 1.82) is 0 Å². The summed E-state index contributed by atoms with van der Waals surface area (Å²) in [7, 11) is -3.96. The number of hydrogen-bond donors (Lipinski definition) is 1. The van der Waals surface area contributed by atoms with Crippen molar-refractivity contribution in [3.63, 3.8) is 0 Å². The fourth-order valence-electron chi connectivity index (χ4n) is 4.15. The third-order valence-electron chi connectivity index (χ3n) is 6.33. The highest BCUT2D eigenvalue weighted by molar-refractivity contribution is 7.89. The zero-order valence-corrected chi connectivity index (χ0v) is 20.8. The van der Waals surface area contributed by atoms with E-state index in [0.29, 0.717) is 35.8 Å². The molecule has 0 spiro atoms. The molecule has 0 amide bonds. The number of aryl methyl sites for hydroxylation is 2. The van der Waals surface area contributed by atoms with Gasteiger partial charge in [0.15, 0.2) is 0 Å². The molecule has 1 N–H and O–H groups in total. The van der Waals surface area contributed by atoms with Crippen molar-refractivity contribution in [2.45, 2.75) is 57.4 Å². The molecule has 34 heavy (non-hydrogen) atoms. The average molecular weight is 504 g/mol. The summed E-state index contributed by atoms with van der Waals surface area (Å²) < 4.78 is 39.4. The third-order valence-corrected chi connectivity index (χ3v) is 8.16. The predicted octanol–water partition coefficient (Wildman–Crippen LogP) is 4.54. The molecule has 1 aliphatic carbocycles. The van der Waals surface area contributed by atoms with Crippen molar-refractivity contribution in [2.75, 3.05) is 0 Å². The van der Waals surface area contributed by atoms with Gasteiger partial charge in [0.05, 0.1) is 9.92 Å². The highest BCUT2D eigenvalue weighted by atomic mass is 35.5. The Kier molecular flexibility index (Phi) is 6.85. The van der Waals surface area contributed by atoms with E-state index >= 15 is 0 Å². The smallest absolute Gasteiger partial charge is 0.339 e. The number of benzene rings is 2. The summed E-state index contributed by atoms with van der Waals surface area (Å²) in [4.78, 5) is 25.4. The van der Waals surface area contributed by atoms with Crippen LogP contribution in [0.15, 0.2) is 50.5 Å². The lowest BCUT2D eigenvalue weighted by Gasteiger charge is -2.23. The van der Waals surface area contributed by atoms with Crippen LogP contribution in [0.1, 0.15) is 43.4 Å². The molecule has 4 rings (SSSR count). The summed E-state index contributed by atoms with van der Waals surface area (Å²) in [6, 6.07) is 8.24. The van der Waals surface area contributed by atoms with E-state index in [1.54, 1.807) is 25.1 Å². The Hall–Kier alpha value is -2.68. The monoisotopic (exact) mass is 503 g/mol. The van der Waals surface area contributed by atoms with Crippen molar-refractivity contribution in [3.05, 3.63) is 68.5 Å². The van der Waals surface area contributed by atoms with Gasteiger partial charge in [-0.2, -0.15) is 4.72 Å². The molecular formula is C25H26ClNO6S. The Labute approximate surface area is 203 Å². The number of carbonyl (C=O) groups is 1. The Morgan fingerprint density at radius 3 is 2.50 bits per heavy atom. The van der Waals surface area contributed by atoms with E-state index in [4.69, 9.17) is 20.8 Å². The summed E-state index contributed by atoms with van der Waals surface area (Å²) in [5.74, 6) is -1.01. The summed E-state index contributed by atoms with van der Waals surface area (Å²) in [5.41, 5.74) is 2.29. The Morgan fingerprint density at radius 1 is 1.15 bits per heavy atom. The van der Waals surface area contributed by atoms with Gasteiger partial charge in [-0.3, -0.25) is 0 Å². The van der Waals surface area contributed by atoms with Gasteiger partial charge in [-0.15, -0.1) is 0 Å². The maximum atomic E-state index is 13.2. The molecule has 1 heterocycles. The molecule has 2 atom stereocenters. The quantitative estimate of drug-likeness (QED) is 0.288. The van der Waals surface area contributed by atoms with E-state index in [1.165, 1.54) is 18.2 Å². The van der Waals surface area contributed by atoms with Crippen LogP contribution in [0.3, 0.4) is 0 Å². The predicted molar refractivity (Wildman–Crippen MR) is 130 cm³/mol. The van der Waals surface area contributed by atoms with Crippen LogP contribution >= 0.6 is 11.6 Å². The number of fused-ring (bicyclic) bond motifs is 3. The highest BCUT2D eigenvalue weighted by Gasteiger charge is 2.32. The lowest BCUT2D eigenvalue weighted by atomic mass is 10.0. The Morgan fingerprint density at radius 2 is 1.82 bits per heavy atom. The van der Waals surface area contributed by atoms with Crippen molar-refractivity contribution in [3.8, 4) is 5.75 Å². The van der Waals surface area contributed by atoms with Gasteiger partial charge in [-0.25, -0.2) is 18.0 Å². The van der Waals surface area contributed by atoms with Crippen LogP contribution in [0.25, 0.3) is 11.0 Å². The largest absolute Gasteiger partial charge is 0.424 e. The van der Waals surface area contributed by atoms with Crippen molar-refractivity contribution in [2.24, 2.45) is 5.92 Å². The standard InChI is InChI=1S/C25H26ClNO6S/c1-4-15(3)23(27-34(30,31)16-10-8-14(2)9-11-16)25(29)33-20-13-12-19-21(22(20)26)17-6-5-7-18(17)24(28)32-19/h8-13,15,23,27H,4-7H2,1-3H3. The molecule has 9 heteroatoms. The zero-order valence-electron chi connectivity index (χ0n) is 19.2. The fourth-order valence-corrected chi connectivity index (χ4v) is 5.75. The number of sulfonamides is 1. The zero-order chi connectivity index (χ0) is 24.6. The summed E-state index contributed by atoms with van der Waals surface area (Å²) in [6.07, 6.45) is 2.65. The number of esters is 1. The molecule has 0 aliphatic heterocycles. The first-order valence-corrected chi connectivity index (χ1v) is 13.1. The van der Waals surface area contributed by atoms with Gasteiger partial charge < -0.3 is 9.15 Å². The lowest BCUT2D eigenvalue weighted by Crippen LogP contribution is -2.46. The van der Waals surface area contributed by atoms with Gasteiger partial charge in [0.1, 0.15) is 17.4 Å². The maximum Gasteiger partial charge on any atom is 0.339 e. The van der Waals surface area contributed by atoms with Gasteiger partial charge in [0.2, 0.25) is 10.0 Å². The molecule has 1 aliphatic rings. The summed E-state index contributed by atoms with van der Waals surface area (Å²) in [5, 5.41) is 0.719. The van der Waals surface area contributed by atoms with Crippen molar-refractivity contribution in [1.82, 2.24) is 4.72 Å². The molecule has 0 radical (unpaired) electrons. The Balaban J connectivity index is 1.66. The third kappa shape index (κ3) is 4.62. The molecule has 0 saturated carbocycles. The lowest BCUT2D eigenvalue weighted by molar-refractivity contribution is -0.137. The molecular weight excluding hydrogens is 478 g/mol. The number of hydrogen-bond acceptors (Lipinski definition) is 6. The van der Waals surface area contributed by atoms with Gasteiger partial charge >= 0.3 is 11.6 Å². The normalized spacial score (nSPS) is 15.2. The number of carbonyl (C=O) groups excluding carboxylic acids is 1. The number of rotatable bonds is 7. The molecule has 0 fully saturated rings. The van der Waals surface area contributed by atoms with Crippen LogP contribution in [-0.4, -0.2) is 20.4 Å². The first-order valence-electron chi connectivity index (χ1n) is 11.2. The van der Waals surface area contributed by atoms with Crippen LogP contribution in [-0.2, 0) is 27.7 Å². The Bertz CT molecular complexity index is 1410. The minimum Gasteiger partial charge on any atom is -0.424 e. The van der Waals surface area contributed by atoms with Crippen LogP contribution in [0, 0.1) is 12.8 Å². The van der Waals surface area contributed by atoms with Crippen molar-refractivity contribution >= 4 is 38.6 Å². The molecule has 3 aromatic rings.